The van der Waals surface area contributed by atoms with Gasteiger partial charge in [0.1, 0.15) is 105 Å². The van der Waals surface area contributed by atoms with E-state index in [4.69, 9.17) is 98.6 Å². The Morgan fingerprint density at radius 1 is 0.303 bits per heavy atom. The number of anilines is 3. The van der Waals surface area contributed by atoms with Gasteiger partial charge >= 0.3 is 0 Å². The van der Waals surface area contributed by atoms with E-state index in [1.165, 1.54) is 4.90 Å². The number of nitrogens with zero attached hydrogens (tertiary/aromatic N) is 1. The number of fused-ring (bicyclic) bond motifs is 4. The van der Waals surface area contributed by atoms with E-state index in [9.17, 15) is 0 Å². The van der Waals surface area contributed by atoms with Gasteiger partial charge in [0.2, 0.25) is 0 Å². The molecule has 0 aliphatic heterocycles. The molecule has 0 aliphatic carbocycles. The fourth-order valence-electron chi connectivity index (χ4n) is 9.16. The third-order valence-electron chi connectivity index (χ3n) is 12.6. The smallest absolute Gasteiger partial charge is 0.143 e. The van der Waals surface area contributed by atoms with Crippen LogP contribution >= 0.6 is 0 Å². The minimum absolute atomic E-state index is 0.0138. The van der Waals surface area contributed by atoms with Crippen LogP contribution in [0.4, 0.5) is 17.1 Å². The Kier molecular flexibility index (Phi) is 11.1. The maximum atomic E-state index is 7.15. The predicted octanol–water partition coefficient (Wildman–Crippen LogP) is 0.403. The molecule has 0 fully saturated rings. The van der Waals surface area contributed by atoms with Crippen LogP contribution in [0, 0.1) is 0 Å². The zero-order valence-corrected chi connectivity index (χ0v) is 35.6. The third kappa shape index (κ3) is 6.82. The lowest BCUT2D eigenvalue weighted by molar-refractivity contribution is 0.670. The quantitative estimate of drug-likeness (QED) is 0.217. The molecule has 0 N–H and O–H groups in total. The first-order valence-electron chi connectivity index (χ1n) is 20.9. The normalized spacial score (nSPS) is 11.5. The number of hydrogen-bond donors (Lipinski definition) is 0. The number of benzene rings is 9. The summed E-state index contributed by atoms with van der Waals surface area (Å²) >= 11 is 0. The molecule has 9 aromatic carbocycles. The van der Waals surface area contributed by atoms with Gasteiger partial charge in [0.15, 0.2) is 0 Å². The summed E-state index contributed by atoms with van der Waals surface area (Å²) in [5.74, 6) is 0. The zero-order valence-electron chi connectivity index (χ0n) is 35.6. The first kappa shape index (κ1) is 43.5. The van der Waals surface area contributed by atoms with E-state index in [2.05, 4.69) is 30.3 Å². The predicted molar refractivity (Wildman–Crippen MR) is 292 cm³/mol. The van der Waals surface area contributed by atoms with Gasteiger partial charge in [0, 0.05) is 33.4 Å². The molecule has 66 heavy (non-hydrogen) atoms. The van der Waals surface area contributed by atoms with Gasteiger partial charge in [-0.25, -0.2) is 0 Å². The molecule has 1 heterocycles. The Bertz CT molecular complexity index is 3540. The molecule has 2 nitrogen and oxygen atoms in total. The van der Waals surface area contributed by atoms with E-state index < -0.39 is 0 Å². The second-order valence-electron chi connectivity index (χ2n) is 16.3. The highest BCUT2D eigenvalue weighted by molar-refractivity contribution is 6.68. The Hall–Kier alpha value is -6.38. The summed E-state index contributed by atoms with van der Waals surface area (Å²) in [7, 11) is 84.6. The Labute approximate surface area is 400 Å². The zero-order chi connectivity index (χ0) is 46.3. The number of furan rings is 1. The molecule has 0 atom stereocenters. The van der Waals surface area contributed by atoms with E-state index in [-0.39, 0.29) is 82.6 Å². The molecule has 10 rings (SSSR count). The molecular formula is C52H23B12NO. The van der Waals surface area contributed by atoms with Crippen LogP contribution < -0.4 is 70.5 Å². The van der Waals surface area contributed by atoms with Crippen LogP contribution in [-0.2, 0) is 0 Å². The summed E-state index contributed by atoms with van der Waals surface area (Å²) in [5, 5.41) is 4.01. The van der Waals surface area contributed by atoms with Gasteiger partial charge in [-0.05, 0) is 61.8 Å². The van der Waals surface area contributed by atoms with Gasteiger partial charge in [-0.1, -0.05) is 193 Å². The van der Waals surface area contributed by atoms with E-state index in [1.54, 1.807) is 0 Å². The minimum Gasteiger partial charge on any atom is -0.455 e. The molecule has 14 heteroatoms. The monoisotopic (exact) mass is 809 g/mol. The fourth-order valence-corrected chi connectivity index (χ4v) is 9.16. The van der Waals surface area contributed by atoms with Crippen LogP contribution in [-0.4, -0.2) is 94.2 Å². The summed E-state index contributed by atoms with van der Waals surface area (Å²) in [4.78, 5) is 1.44. The Morgan fingerprint density at radius 3 is 1.29 bits per heavy atom. The third-order valence-corrected chi connectivity index (χ3v) is 12.6. The topological polar surface area (TPSA) is 16.4 Å². The molecule has 0 unspecified atom stereocenters. The second-order valence-corrected chi connectivity index (χ2v) is 16.3. The van der Waals surface area contributed by atoms with Gasteiger partial charge in [-0.3, -0.25) is 0 Å². The molecule has 0 saturated carbocycles. The van der Waals surface area contributed by atoms with E-state index >= 15 is 0 Å². The van der Waals surface area contributed by atoms with Crippen molar-refractivity contribution >= 4 is 209 Å². The highest BCUT2D eigenvalue weighted by Crippen LogP contribution is 2.36. The van der Waals surface area contributed by atoms with E-state index in [1.807, 2.05) is 109 Å². The second kappa shape index (κ2) is 16.8. The first-order chi connectivity index (χ1) is 31.8. The number of para-hydroxylation sites is 2. The van der Waals surface area contributed by atoms with E-state index in [0.717, 1.165) is 32.7 Å². The number of rotatable bonds is 7. The lowest BCUT2D eigenvalue weighted by atomic mass is 9.61. The van der Waals surface area contributed by atoms with Crippen molar-refractivity contribution in [3.63, 3.8) is 0 Å². The Morgan fingerprint density at radius 2 is 0.727 bits per heavy atom. The van der Waals surface area contributed by atoms with Crippen molar-refractivity contribution in [3.8, 4) is 44.5 Å². The molecule has 10 aromatic rings. The maximum Gasteiger partial charge on any atom is 0.143 e. The summed E-state index contributed by atoms with van der Waals surface area (Å²) < 4.78 is 6.37. The van der Waals surface area contributed by atoms with Gasteiger partial charge in [0.05, 0.1) is 0 Å². The molecule has 0 bridgehead atoms. The van der Waals surface area contributed by atoms with Crippen molar-refractivity contribution < 1.29 is 4.42 Å². The van der Waals surface area contributed by atoms with Gasteiger partial charge in [-0.2, -0.15) is 0 Å². The van der Waals surface area contributed by atoms with Gasteiger partial charge < -0.3 is 9.32 Å². The molecule has 0 amide bonds. The van der Waals surface area contributed by atoms with Crippen molar-refractivity contribution in [2.24, 2.45) is 0 Å². The van der Waals surface area contributed by atoms with Crippen molar-refractivity contribution in [2.45, 2.75) is 0 Å². The van der Waals surface area contributed by atoms with Crippen LogP contribution in [0.2, 0.25) is 0 Å². The first-order valence-corrected chi connectivity index (χ1v) is 20.9. The molecule has 0 saturated heterocycles. The SMILES string of the molecule is [B]c1c([B])c(N(c2c([B])c([B])c(-c3ccc(-c4ccc5ccccc5c4)cc3)c([B])c2[B])c2c([B])c([B])c(-c3cccc4c3oc3ccccc34)c([B])c2[B])c([B])c([B])c1-c1ccccc1. The van der Waals surface area contributed by atoms with Crippen molar-refractivity contribution in [3.05, 3.63) is 140 Å². The van der Waals surface area contributed by atoms with Crippen LogP contribution in [0.5, 0.6) is 0 Å². The summed E-state index contributed by atoms with van der Waals surface area (Å²) in [6.07, 6.45) is 0. The van der Waals surface area contributed by atoms with Crippen LogP contribution in [0.3, 0.4) is 0 Å². The fraction of sp³-hybridized carbons (Fsp3) is 0. The summed E-state index contributed by atoms with van der Waals surface area (Å²) in [5.41, 5.74) is 6.60. The number of hydrogen-bond acceptors (Lipinski definition) is 2. The average Bonchev–Trinajstić information content (AvgIpc) is 3.72. The Balaban J connectivity index is 1.20. The summed E-state index contributed by atoms with van der Waals surface area (Å²) in [6, 6.07) is 44.8. The van der Waals surface area contributed by atoms with Crippen molar-refractivity contribution in [2.75, 3.05) is 4.90 Å². The van der Waals surface area contributed by atoms with Gasteiger partial charge in [-0.15, -0.1) is 0 Å². The van der Waals surface area contributed by atoms with Gasteiger partial charge in [0.25, 0.3) is 0 Å². The molecule has 24 radical (unpaired) electrons. The molecule has 0 spiro atoms. The maximum absolute atomic E-state index is 7.15. The van der Waals surface area contributed by atoms with E-state index in [0.29, 0.717) is 44.5 Å². The highest BCUT2D eigenvalue weighted by atomic mass is 16.3. The standard InChI is InChI=1S/C52H23B12NO/c53-37-34(26-10-2-1-3-11-26)38(54)44(60)49(43(37)59)65(51-47(63)41(57)36(42(58)48(51)64)32-15-8-14-31-30-13-6-7-16-33(30)66-52(31)32)50-45(61)39(55)35(40(56)46(50)62)27-20-17-25(18-21-27)29-22-19-24-9-4-5-12-28(24)23-29/h1-23H. The van der Waals surface area contributed by atoms with Crippen LogP contribution in [0.15, 0.2) is 144 Å². The molecule has 278 valence electrons. The highest BCUT2D eigenvalue weighted by Gasteiger charge is 2.30. The van der Waals surface area contributed by atoms with Crippen molar-refractivity contribution in [1.29, 1.82) is 0 Å². The largest absolute Gasteiger partial charge is 0.455 e. The average molecular weight is 808 g/mol. The molecule has 0 aliphatic rings. The minimum atomic E-state index is -0.0443. The molecule has 1 aromatic heterocycles. The summed E-state index contributed by atoms with van der Waals surface area (Å²) in [6.45, 7) is 0. The molecular weight excluding hydrogens is 784 g/mol. The van der Waals surface area contributed by atoms with Crippen LogP contribution in [0.25, 0.3) is 77.2 Å². The van der Waals surface area contributed by atoms with Crippen molar-refractivity contribution in [1.82, 2.24) is 0 Å². The lowest BCUT2D eigenvalue weighted by Crippen LogP contribution is -2.54. The lowest BCUT2D eigenvalue weighted by Gasteiger charge is -2.40. The van der Waals surface area contributed by atoms with Crippen LogP contribution in [0.1, 0.15) is 0 Å².